The quantitative estimate of drug-likeness (QED) is 0.441. The van der Waals surface area contributed by atoms with Crippen LogP contribution in [0.1, 0.15) is 52.0 Å². The molecule has 4 rings (SSSR count). The summed E-state index contributed by atoms with van der Waals surface area (Å²) in [5, 5.41) is 3.33. The van der Waals surface area contributed by atoms with Gasteiger partial charge in [-0.15, -0.1) is 0 Å². The minimum absolute atomic E-state index is 0.0206. The number of aryl methyl sites for hydroxylation is 1. The van der Waals surface area contributed by atoms with E-state index in [1.807, 2.05) is 18.2 Å². The normalized spacial score (nSPS) is 16.1. The highest BCUT2D eigenvalue weighted by Crippen LogP contribution is 2.41. The van der Waals surface area contributed by atoms with Crippen molar-refractivity contribution in [3.8, 4) is 17.2 Å². The van der Waals surface area contributed by atoms with Crippen molar-refractivity contribution in [1.29, 1.82) is 0 Å². The molecule has 0 saturated heterocycles. The minimum Gasteiger partial charge on any atom is -0.497 e. The van der Waals surface area contributed by atoms with E-state index >= 15 is 0 Å². The van der Waals surface area contributed by atoms with Gasteiger partial charge in [0.25, 0.3) is 5.91 Å². The summed E-state index contributed by atoms with van der Waals surface area (Å²) in [4.78, 5) is 15.8. The Bertz CT molecular complexity index is 1210. The molecule has 2 atom stereocenters. The number of methoxy groups -OCH3 is 3. The van der Waals surface area contributed by atoms with Crippen LogP contribution >= 0.6 is 0 Å². The van der Waals surface area contributed by atoms with Gasteiger partial charge in [0.1, 0.15) is 5.75 Å². The van der Waals surface area contributed by atoms with Crippen LogP contribution in [0.4, 0.5) is 0 Å². The Morgan fingerprint density at radius 2 is 1.75 bits per heavy atom. The maximum Gasteiger partial charge on any atom is 0.251 e. The molecule has 0 saturated carbocycles. The highest BCUT2D eigenvalue weighted by Gasteiger charge is 2.35. The molecule has 1 N–H and O–H groups in total. The van der Waals surface area contributed by atoms with Crippen molar-refractivity contribution in [2.45, 2.75) is 45.3 Å². The Balaban J connectivity index is 1.73. The first-order valence-electron chi connectivity index (χ1n) is 12.5. The zero-order valence-electron chi connectivity index (χ0n) is 21.8. The first-order chi connectivity index (χ1) is 17.5. The van der Waals surface area contributed by atoms with Gasteiger partial charge >= 0.3 is 0 Å². The van der Waals surface area contributed by atoms with Crippen molar-refractivity contribution in [2.75, 3.05) is 27.9 Å². The van der Waals surface area contributed by atoms with Crippen LogP contribution in [0.15, 0.2) is 60.7 Å². The Kier molecular flexibility index (Phi) is 8.16. The zero-order chi connectivity index (χ0) is 25.7. The average Bonchev–Trinajstić information content (AvgIpc) is 2.92. The zero-order valence-corrected chi connectivity index (χ0v) is 21.8. The third kappa shape index (κ3) is 5.34. The van der Waals surface area contributed by atoms with Crippen LogP contribution in [0.5, 0.6) is 17.2 Å². The van der Waals surface area contributed by atoms with E-state index in [0.29, 0.717) is 17.1 Å². The van der Waals surface area contributed by atoms with Gasteiger partial charge < -0.3 is 19.5 Å². The average molecular weight is 489 g/mol. The van der Waals surface area contributed by atoms with E-state index in [9.17, 15) is 4.79 Å². The molecule has 1 heterocycles. The SMILES string of the molecule is CCC(NC(=O)c1cccc(OC)c1)C1c2cc(OC)c(OC)cc2CCN1Cc1ccccc1C. The van der Waals surface area contributed by atoms with Crippen LogP contribution in [-0.4, -0.2) is 44.7 Å². The van der Waals surface area contributed by atoms with Crippen molar-refractivity contribution in [3.05, 3.63) is 88.5 Å². The van der Waals surface area contributed by atoms with Crippen LogP contribution in [0.2, 0.25) is 0 Å². The number of amides is 1. The number of benzene rings is 3. The monoisotopic (exact) mass is 488 g/mol. The van der Waals surface area contributed by atoms with Gasteiger partial charge in [0, 0.05) is 24.7 Å². The van der Waals surface area contributed by atoms with Gasteiger partial charge in [-0.3, -0.25) is 9.69 Å². The third-order valence-electron chi connectivity index (χ3n) is 7.13. The Morgan fingerprint density at radius 1 is 1.00 bits per heavy atom. The maximum absolute atomic E-state index is 13.3. The van der Waals surface area contributed by atoms with Crippen molar-refractivity contribution >= 4 is 5.91 Å². The largest absolute Gasteiger partial charge is 0.497 e. The molecular formula is C30H36N2O4. The molecule has 0 bridgehead atoms. The number of fused-ring (bicyclic) bond motifs is 1. The molecule has 0 fully saturated rings. The number of ether oxygens (including phenoxy) is 3. The van der Waals surface area contributed by atoms with Crippen LogP contribution < -0.4 is 19.5 Å². The Morgan fingerprint density at radius 3 is 2.44 bits per heavy atom. The van der Waals surface area contributed by atoms with Crippen molar-refractivity contribution < 1.29 is 19.0 Å². The number of carbonyl (C=O) groups is 1. The summed E-state index contributed by atoms with van der Waals surface area (Å²) in [5.74, 6) is 1.99. The number of rotatable bonds is 9. The van der Waals surface area contributed by atoms with E-state index in [0.717, 1.165) is 31.7 Å². The molecule has 3 aromatic rings. The predicted octanol–water partition coefficient (Wildman–Crippen LogP) is 5.33. The lowest BCUT2D eigenvalue weighted by atomic mass is 9.86. The van der Waals surface area contributed by atoms with Gasteiger partial charge in [-0.05, 0) is 72.4 Å². The Labute approximate surface area is 214 Å². The lowest BCUT2D eigenvalue weighted by Gasteiger charge is -2.42. The summed E-state index contributed by atoms with van der Waals surface area (Å²) in [6.45, 7) is 5.96. The van der Waals surface area contributed by atoms with Gasteiger partial charge in [0.2, 0.25) is 0 Å². The number of nitrogens with zero attached hydrogens (tertiary/aromatic N) is 1. The predicted molar refractivity (Wildman–Crippen MR) is 142 cm³/mol. The smallest absolute Gasteiger partial charge is 0.251 e. The van der Waals surface area contributed by atoms with Crippen molar-refractivity contribution in [3.63, 3.8) is 0 Å². The third-order valence-corrected chi connectivity index (χ3v) is 7.13. The molecule has 0 aromatic heterocycles. The number of nitrogens with one attached hydrogen (secondary N) is 1. The summed E-state index contributed by atoms with van der Waals surface area (Å²) < 4.78 is 16.6. The van der Waals surface area contributed by atoms with Crippen molar-refractivity contribution in [1.82, 2.24) is 10.2 Å². The second-order valence-corrected chi connectivity index (χ2v) is 9.22. The van der Waals surface area contributed by atoms with Gasteiger partial charge in [-0.25, -0.2) is 0 Å². The summed E-state index contributed by atoms with van der Waals surface area (Å²) in [6.07, 6.45) is 1.68. The van der Waals surface area contributed by atoms with Gasteiger partial charge in [-0.1, -0.05) is 37.3 Å². The first-order valence-corrected chi connectivity index (χ1v) is 12.5. The van der Waals surface area contributed by atoms with Gasteiger partial charge in [0.15, 0.2) is 11.5 Å². The highest BCUT2D eigenvalue weighted by atomic mass is 16.5. The topological polar surface area (TPSA) is 60.0 Å². The maximum atomic E-state index is 13.3. The van der Waals surface area contributed by atoms with E-state index in [2.05, 4.69) is 60.5 Å². The molecule has 1 aliphatic rings. The van der Waals surface area contributed by atoms with Crippen LogP contribution in [0, 0.1) is 6.92 Å². The molecule has 1 aliphatic heterocycles. The van der Waals surface area contributed by atoms with E-state index in [1.54, 1.807) is 27.4 Å². The Hall–Kier alpha value is -3.51. The molecular weight excluding hydrogens is 452 g/mol. The highest BCUT2D eigenvalue weighted by molar-refractivity contribution is 5.94. The van der Waals surface area contributed by atoms with E-state index in [4.69, 9.17) is 14.2 Å². The van der Waals surface area contributed by atoms with E-state index in [1.165, 1.54) is 22.3 Å². The second-order valence-electron chi connectivity index (χ2n) is 9.22. The van der Waals surface area contributed by atoms with Crippen LogP contribution in [0.3, 0.4) is 0 Å². The molecule has 0 radical (unpaired) electrons. The molecule has 190 valence electrons. The lowest BCUT2D eigenvalue weighted by molar-refractivity contribution is 0.0858. The fourth-order valence-electron chi connectivity index (χ4n) is 5.10. The molecule has 1 amide bonds. The van der Waals surface area contributed by atoms with Crippen molar-refractivity contribution in [2.24, 2.45) is 0 Å². The molecule has 0 spiro atoms. The fourth-order valence-corrected chi connectivity index (χ4v) is 5.10. The summed E-state index contributed by atoms with van der Waals surface area (Å²) in [7, 11) is 4.93. The first kappa shape index (κ1) is 25.6. The van der Waals surface area contributed by atoms with Gasteiger partial charge in [-0.2, -0.15) is 0 Å². The standard InChI is InChI=1S/C30H36N2O4/c1-6-26(31-30(33)22-12-9-13-24(16-22)34-3)29-25-18-28(36-5)27(35-4)17-21(25)14-15-32(29)19-23-11-8-7-10-20(23)2/h7-13,16-18,26,29H,6,14-15,19H2,1-5H3,(H,31,33). The van der Waals surface area contributed by atoms with Gasteiger partial charge in [0.05, 0.1) is 27.4 Å². The fraction of sp³-hybridized carbons (Fsp3) is 0.367. The molecule has 2 unspecified atom stereocenters. The second kappa shape index (κ2) is 11.5. The van der Waals surface area contributed by atoms with E-state index in [-0.39, 0.29) is 18.0 Å². The number of hydrogen-bond acceptors (Lipinski definition) is 5. The molecule has 6 nitrogen and oxygen atoms in total. The number of carbonyl (C=O) groups excluding carboxylic acids is 1. The molecule has 36 heavy (non-hydrogen) atoms. The number of hydrogen-bond donors (Lipinski definition) is 1. The summed E-state index contributed by atoms with van der Waals surface area (Å²) >= 11 is 0. The molecule has 0 aliphatic carbocycles. The van der Waals surface area contributed by atoms with Crippen LogP contribution in [0.25, 0.3) is 0 Å². The van der Waals surface area contributed by atoms with E-state index < -0.39 is 0 Å². The minimum atomic E-state index is -0.107. The van der Waals surface area contributed by atoms with Crippen LogP contribution in [-0.2, 0) is 13.0 Å². The molecule has 6 heteroatoms. The molecule has 3 aromatic carbocycles. The summed E-state index contributed by atoms with van der Waals surface area (Å²) in [5.41, 5.74) is 5.54. The summed E-state index contributed by atoms with van der Waals surface area (Å²) in [6, 6.07) is 19.8. The lowest BCUT2D eigenvalue weighted by Crippen LogP contribution is -2.48.